The highest BCUT2D eigenvalue weighted by Crippen LogP contribution is 2.67. The topological polar surface area (TPSA) is 6.48 Å². The highest BCUT2D eigenvalue weighted by molar-refractivity contribution is 7.80. The van der Waals surface area contributed by atoms with Crippen molar-refractivity contribution in [1.29, 1.82) is 0 Å². The summed E-state index contributed by atoms with van der Waals surface area (Å²) in [6, 6.07) is 36.3. The van der Waals surface area contributed by atoms with Crippen molar-refractivity contribution in [2.45, 2.75) is 130 Å². The zero-order valence-electron chi connectivity index (χ0n) is 34.8. The number of hydrogen-bond acceptors (Lipinski definition) is 2. The Morgan fingerprint density at radius 2 is 1.22 bits per heavy atom. The monoisotopic (exact) mass is 796 g/mol. The molecule has 6 rings (SSSR count). The molecule has 0 amide bonds. The Morgan fingerprint density at radius 1 is 0.593 bits per heavy atom. The lowest BCUT2D eigenvalue weighted by Gasteiger charge is -2.41. The molecule has 4 aromatic rings. The van der Waals surface area contributed by atoms with E-state index >= 15 is 0 Å². The number of aryl methyl sites for hydroxylation is 4. The van der Waals surface area contributed by atoms with Crippen LogP contribution in [0.5, 0.6) is 0 Å². The predicted molar refractivity (Wildman–Crippen MR) is 249 cm³/mol. The maximum atomic E-state index is 3.13. The van der Waals surface area contributed by atoms with E-state index in [1.54, 1.807) is 16.2 Å². The summed E-state index contributed by atoms with van der Waals surface area (Å²) in [5.74, 6) is 0.620. The van der Waals surface area contributed by atoms with Crippen LogP contribution in [0.25, 0.3) is 0 Å². The van der Waals surface area contributed by atoms with Gasteiger partial charge in [0, 0.05) is 29.2 Å². The van der Waals surface area contributed by atoms with Crippen molar-refractivity contribution in [1.82, 2.24) is 8.88 Å². The number of unbranched alkanes of at least 4 members (excludes halogenated alkanes) is 2. The van der Waals surface area contributed by atoms with Crippen molar-refractivity contribution in [3.8, 4) is 0 Å². The van der Waals surface area contributed by atoms with E-state index in [1.807, 2.05) is 0 Å². The zero-order chi connectivity index (χ0) is 38.2. The molecule has 0 bridgehead atoms. The van der Waals surface area contributed by atoms with Gasteiger partial charge in [-0.1, -0.05) is 124 Å². The molecule has 290 valence electrons. The van der Waals surface area contributed by atoms with E-state index in [9.17, 15) is 0 Å². The Morgan fingerprint density at radius 3 is 1.81 bits per heavy atom. The molecule has 2 aliphatic heterocycles. The van der Waals surface area contributed by atoms with E-state index in [4.69, 9.17) is 0 Å². The number of rotatable bonds is 17. The maximum absolute atomic E-state index is 3.13. The van der Waals surface area contributed by atoms with E-state index in [0.29, 0.717) is 11.6 Å². The number of hydrogen-bond donors (Lipinski definition) is 0. The second-order valence-electron chi connectivity index (χ2n) is 15.9. The van der Waals surface area contributed by atoms with Crippen LogP contribution in [0.2, 0.25) is 0 Å². The van der Waals surface area contributed by atoms with Gasteiger partial charge in [-0.15, -0.1) is 0 Å². The van der Waals surface area contributed by atoms with Crippen LogP contribution in [0, 0.1) is 27.7 Å². The van der Waals surface area contributed by atoms with Gasteiger partial charge in [0.1, 0.15) is 0 Å². The minimum Gasteiger partial charge on any atom is -0.252 e. The first kappa shape index (κ1) is 42.1. The Bertz CT molecular complexity index is 1750. The Labute approximate surface area is 335 Å². The average Bonchev–Trinajstić information content (AvgIpc) is 3.83. The molecule has 0 N–H and O–H groups in total. The van der Waals surface area contributed by atoms with Crippen LogP contribution in [-0.4, -0.2) is 45.6 Å². The summed E-state index contributed by atoms with van der Waals surface area (Å²) < 4.78 is 6.23. The van der Waals surface area contributed by atoms with E-state index < -0.39 is 16.1 Å². The molecule has 0 radical (unpaired) electrons. The van der Waals surface area contributed by atoms with Gasteiger partial charge in [-0.3, -0.25) is 8.88 Å². The number of benzene rings is 4. The van der Waals surface area contributed by atoms with Crippen molar-refractivity contribution < 1.29 is 0 Å². The SMILES string of the molecule is CCCCN(P(c1ccccc1C)c1cc(C2CCP(N(CCCC)P(c3cccc(C)c3)c3cccc(C)c3)[C@@H]2CC)ccc1C)P1CCC[C@H]1CC. The van der Waals surface area contributed by atoms with E-state index in [1.165, 1.54) is 116 Å². The van der Waals surface area contributed by atoms with Gasteiger partial charge >= 0.3 is 0 Å². The van der Waals surface area contributed by atoms with Gasteiger partial charge < -0.3 is 0 Å². The molecule has 4 unspecified atom stereocenters. The number of nitrogens with zero attached hydrogens (tertiary/aromatic N) is 2. The third kappa shape index (κ3) is 9.61. The second kappa shape index (κ2) is 20.3. The first-order chi connectivity index (χ1) is 26.3. The van der Waals surface area contributed by atoms with Gasteiger partial charge in [-0.05, 0) is 174 Å². The standard InChI is InChI=1S/C48H68N2P4/c1-9-13-30-49(51-32-19-25-42(51)11-3)54(47-26-16-15-22-39(47)7)48-36-41(28-27-40(48)8)45-29-33-52(46(45)12-4)50(31-14-10-2)53(43-23-17-20-37(5)34-43)44-24-18-21-38(6)35-44/h15-18,20-24,26-28,34-36,42,45-46H,9-14,19,25,29-33H2,1-8H3/t42-,45?,46-,51?,52?,54?/m1/s1. The zero-order valence-corrected chi connectivity index (χ0v) is 38.3. The normalized spacial score (nSPS) is 22.2. The summed E-state index contributed by atoms with van der Waals surface area (Å²) in [4.78, 5) is 0. The summed E-state index contributed by atoms with van der Waals surface area (Å²) in [6.07, 6.45) is 14.6. The molecule has 4 aromatic carbocycles. The Kier molecular flexibility index (Phi) is 15.8. The highest BCUT2D eigenvalue weighted by atomic mass is 31.2. The highest BCUT2D eigenvalue weighted by Gasteiger charge is 2.43. The minimum absolute atomic E-state index is 0.145. The third-order valence-electron chi connectivity index (χ3n) is 12.0. The van der Waals surface area contributed by atoms with Crippen molar-refractivity contribution in [3.05, 3.63) is 119 Å². The summed E-state index contributed by atoms with van der Waals surface area (Å²) >= 11 is 0. The molecule has 2 saturated heterocycles. The summed E-state index contributed by atoms with van der Waals surface area (Å²) in [6.45, 7) is 21.5. The van der Waals surface area contributed by atoms with Crippen molar-refractivity contribution >= 4 is 53.5 Å². The molecule has 54 heavy (non-hydrogen) atoms. The molecule has 2 nitrogen and oxygen atoms in total. The van der Waals surface area contributed by atoms with Crippen LogP contribution in [0.4, 0.5) is 0 Å². The van der Waals surface area contributed by atoms with Crippen LogP contribution in [0.3, 0.4) is 0 Å². The molecule has 6 atom stereocenters. The summed E-state index contributed by atoms with van der Waals surface area (Å²) in [7, 11) is -1.67. The fourth-order valence-electron chi connectivity index (χ4n) is 9.03. The fraction of sp³-hybridized carbons (Fsp3) is 0.500. The smallest absolute Gasteiger partial charge is 0.0323 e. The van der Waals surface area contributed by atoms with Gasteiger partial charge in [-0.2, -0.15) is 0 Å². The van der Waals surface area contributed by atoms with Gasteiger partial charge in [0.05, 0.1) is 0 Å². The van der Waals surface area contributed by atoms with E-state index in [0.717, 1.165) is 5.66 Å². The predicted octanol–water partition coefficient (Wildman–Crippen LogP) is 13.2. The molecule has 2 aliphatic rings. The summed E-state index contributed by atoms with van der Waals surface area (Å²) in [5.41, 5.74) is 8.93. The van der Waals surface area contributed by atoms with Crippen LogP contribution in [0.15, 0.2) is 91.0 Å². The lowest BCUT2D eigenvalue weighted by atomic mass is 9.91. The van der Waals surface area contributed by atoms with Crippen molar-refractivity contribution in [3.63, 3.8) is 0 Å². The van der Waals surface area contributed by atoms with Gasteiger partial charge in [0.2, 0.25) is 0 Å². The Balaban J connectivity index is 1.42. The fourth-order valence-corrected chi connectivity index (χ4v) is 23.9. The van der Waals surface area contributed by atoms with Crippen LogP contribution < -0.4 is 21.2 Å². The second-order valence-corrected chi connectivity index (χ2v) is 25.8. The molecule has 0 aliphatic carbocycles. The molecule has 2 heterocycles. The van der Waals surface area contributed by atoms with Gasteiger partial charge in [-0.25, -0.2) is 0 Å². The minimum atomic E-state index is -0.611. The molecular weight excluding hydrogens is 728 g/mol. The van der Waals surface area contributed by atoms with Crippen LogP contribution >= 0.6 is 32.3 Å². The molecular formula is C48H68N2P4. The van der Waals surface area contributed by atoms with Gasteiger partial charge in [0.25, 0.3) is 0 Å². The molecule has 0 spiro atoms. The first-order valence-corrected chi connectivity index (χ1v) is 27.0. The van der Waals surface area contributed by atoms with Crippen molar-refractivity contribution in [2.75, 3.05) is 25.4 Å². The molecule has 2 fully saturated rings. The quantitative estimate of drug-likeness (QED) is 0.0982. The lowest BCUT2D eigenvalue weighted by Crippen LogP contribution is -2.31. The largest absolute Gasteiger partial charge is 0.252 e. The van der Waals surface area contributed by atoms with Crippen LogP contribution in [0.1, 0.15) is 119 Å². The molecule has 0 aromatic heterocycles. The van der Waals surface area contributed by atoms with Crippen molar-refractivity contribution in [2.24, 2.45) is 0 Å². The average molecular weight is 797 g/mol. The maximum Gasteiger partial charge on any atom is 0.0323 e. The first-order valence-electron chi connectivity index (χ1n) is 21.3. The van der Waals surface area contributed by atoms with Crippen LogP contribution in [-0.2, 0) is 0 Å². The van der Waals surface area contributed by atoms with Gasteiger partial charge in [0.15, 0.2) is 0 Å². The van der Waals surface area contributed by atoms with E-state index in [2.05, 4.69) is 155 Å². The lowest BCUT2D eigenvalue weighted by molar-refractivity contribution is 0.612. The molecule has 6 heteroatoms. The summed E-state index contributed by atoms with van der Waals surface area (Å²) in [5, 5.41) is 6.30. The molecule has 0 saturated carbocycles. The third-order valence-corrected chi connectivity index (χ3v) is 25.2. The van der Waals surface area contributed by atoms with E-state index in [-0.39, 0.29) is 16.1 Å². The Hall–Kier alpha value is -1.48.